The van der Waals surface area contributed by atoms with Gasteiger partial charge >= 0.3 is 0 Å². The fourth-order valence-electron chi connectivity index (χ4n) is 2.43. The molecule has 0 saturated carbocycles. The van der Waals surface area contributed by atoms with Crippen molar-refractivity contribution in [3.8, 4) is 0 Å². The van der Waals surface area contributed by atoms with Gasteiger partial charge in [-0.05, 0) is 64.7 Å². The normalized spacial score (nSPS) is 12.8. The summed E-state index contributed by atoms with van der Waals surface area (Å²) < 4.78 is 20.1. The van der Waals surface area contributed by atoms with Gasteiger partial charge in [-0.1, -0.05) is 18.2 Å². The summed E-state index contributed by atoms with van der Waals surface area (Å²) in [5.41, 5.74) is 8.96. The third-order valence-electron chi connectivity index (χ3n) is 3.63. The minimum atomic E-state index is -0.301. The predicted octanol–water partition coefficient (Wildman–Crippen LogP) is 4.89. The highest BCUT2D eigenvalue weighted by molar-refractivity contribution is 9.10. The number of nitrogens with two attached hydrogens (primary N) is 1. The fraction of sp³-hybridized carbons (Fsp3) is 0.176. The lowest BCUT2D eigenvalue weighted by Gasteiger charge is -2.11. The van der Waals surface area contributed by atoms with Gasteiger partial charge in [-0.25, -0.2) is 4.39 Å². The summed E-state index contributed by atoms with van der Waals surface area (Å²) in [4.78, 5) is 0. The van der Waals surface area contributed by atoms with E-state index < -0.39 is 0 Å². The summed E-state index contributed by atoms with van der Waals surface area (Å²) in [6.07, 6.45) is 0.543. The van der Waals surface area contributed by atoms with Gasteiger partial charge in [0.25, 0.3) is 0 Å². The molecule has 1 aromatic heterocycles. The molecule has 1 heterocycles. The summed E-state index contributed by atoms with van der Waals surface area (Å²) in [6, 6.07) is 12.3. The van der Waals surface area contributed by atoms with E-state index in [2.05, 4.69) is 15.9 Å². The molecule has 2 aromatic carbocycles. The number of halogens is 2. The maximum Gasteiger partial charge on any atom is 0.148 e. The Kier molecular flexibility index (Phi) is 3.83. The summed E-state index contributed by atoms with van der Waals surface area (Å²) in [7, 11) is 0. The standard InChI is InChI=1S/C17H15BrFNO/c1-10-5-6-13(19)7-12(10)8-15(20)16-9-11-3-2-4-14(18)17(11)21-16/h2-7,9,15H,8,20H2,1H3. The summed E-state index contributed by atoms with van der Waals surface area (Å²) in [6.45, 7) is 1.96. The van der Waals surface area contributed by atoms with Crippen LogP contribution in [-0.4, -0.2) is 0 Å². The van der Waals surface area contributed by atoms with Crippen molar-refractivity contribution in [3.05, 3.63) is 69.6 Å². The van der Waals surface area contributed by atoms with Crippen molar-refractivity contribution in [1.29, 1.82) is 0 Å². The van der Waals surface area contributed by atoms with E-state index in [9.17, 15) is 4.39 Å². The number of rotatable bonds is 3. The van der Waals surface area contributed by atoms with Crippen molar-refractivity contribution in [2.24, 2.45) is 5.73 Å². The number of aryl methyl sites for hydroxylation is 1. The van der Waals surface area contributed by atoms with Gasteiger partial charge in [-0.2, -0.15) is 0 Å². The second-order valence-electron chi connectivity index (χ2n) is 5.19. The van der Waals surface area contributed by atoms with Gasteiger partial charge in [-0.3, -0.25) is 0 Å². The lowest BCUT2D eigenvalue weighted by Crippen LogP contribution is -2.13. The number of benzene rings is 2. The van der Waals surface area contributed by atoms with Crippen molar-refractivity contribution in [2.75, 3.05) is 0 Å². The molecule has 1 atom stereocenters. The van der Waals surface area contributed by atoms with Crippen molar-refractivity contribution in [1.82, 2.24) is 0 Å². The van der Waals surface area contributed by atoms with Crippen molar-refractivity contribution in [3.63, 3.8) is 0 Å². The Hall–Kier alpha value is -1.65. The molecule has 2 nitrogen and oxygen atoms in total. The smallest absolute Gasteiger partial charge is 0.148 e. The van der Waals surface area contributed by atoms with E-state index in [1.54, 1.807) is 6.07 Å². The van der Waals surface area contributed by atoms with Gasteiger partial charge in [0.1, 0.15) is 17.2 Å². The molecule has 0 saturated heterocycles. The zero-order valence-corrected chi connectivity index (χ0v) is 13.2. The summed E-state index contributed by atoms with van der Waals surface area (Å²) in [5, 5.41) is 1.01. The van der Waals surface area contributed by atoms with Gasteiger partial charge in [0.2, 0.25) is 0 Å². The van der Waals surface area contributed by atoms with Crippen LogP contribution < -0.4 is 5.73 Å². The van der Waals surface area contributed by atoms with Crippen molar-refractivity contribution < 1.29 is 8.81 Å². The Labute approximate surface area is 130 Å². The second kappa shape index (κ2) is 5.62. The molecule has 0 aliphatic heterocycles. The molecule has 0 amide bonds. The van der Waals surface area contributed by atoms with Crippen LogP contribution >= 0.6 is 15.9 Å². The minimum Gasteiger partial charge on any atom is -0.458 e. The number of para-hydroxylation sites is 1. The van der Waals surface area contributed by atoms with Crippen LogP contribution in [0.1, 0.15) is 22.9 Å². The van der Waals surface area contributed by atoms with E-state index in [4.69, 9.17) is 10.2 Å². The lowest BCUT2D eigenvalue weighted by molar-refractivity contribution is 0.492. The van der Waals surface area contributed by atoms with Crippen LogP contribution in [-0.2, 0) is 6.42 Å². The maximum absolute atomic E-state index is 13.3. The minimum absolute atomic E-state index is 0.241. The Morgan fingerprint density at radius 2 is 2.05 bits per heavy atom. The van der Waals surface area contributed by atoms with E-state index in [1.807, 2.05) is 31.2 Å². The first-order chi connectivity index (χ1) is 10.0. The molecule has 4 heteroatoms. The highest BCUT2D eigenvalue weighted by Gasteiger charge is 2.15. The first-order valence-electron chi connectivity index (χ1n) is 6.73. The Bertz CT molecular complexity index is 797. The third-order valence-corrected chi connectivity index (χ3v) is 4.26. The average Bonchev–Trinajstić information content (AvgIpc) is 2.88. The van der Waals surface area contributed by atoms with Crippen LogP contribution in [0, 0.1) is 12.7 Å². The van der Waals surface area contributed by atoms with E-state index in [-0.39, 0.29) is 11.9 Å². The van der Waals surface area contributed by atoms with Gasteiger partial charge in [0.15, 0.2) is 0 Å². The van der Waals surface area contributed by atoms with E-state index in [0.717, 1.165) is 26.6 Å². The molecule has 3 aromatic rings. The fourth-order valence-corrected chi connectivity index (χ4v) is 2.89. The molecular formula is C17H15BrFNO. The van der Waals surface area contributed by atoms with Gasteiger partial charge in [-0.15, -0.1) is 0 Å². The molecule has 1 unspecified atom stereocenters. The van der Waals surface area contributed by atoms with Gasteiger partial charge < -0.3 is 10.2 Å². The predicted molar refractivity (Wildman–Crippen MR) is 85.7 cm³/mol. The van der Waals surface area contributed by atoms with Crippen LogP contribution in [0.5, 0.6) is 0 Å². The quantitative estimate of drug-likeness (QED) is 0.732. The van der Waals surface area contributed by atoms with Crippen LogP contribution in [0.4, 0.5) is 4.39 Å². The van der Waals surface area contributed by atoms with Crippen LogP contribution in [0.25, 0.3) is 11.0 Å². The number of hydrogen-bond acceptors (Lipinski definition) is 2. The monoisotopic (exact) mass is 347 g/mol. The third kappa shape index (κ3) is 2.87. The molecule has 0 aliphatic rings. The Balaban J connectivity index is 1.91. The van der Waals surface area contributed by atoms with Crippen LogP contribution in [0.2, 0.25) is 0 Å². The van der Waals surface area contributed by atoms with Gasteiger partial charge in [0, 0.05) is 5.39 Å². The molecule has 0 fully saturated rings. The zero-order valence-electron chi connectivity index (χ0n) is 11.6. The molecule has 2 N–H and O–H groups in total. The number of furan rings is 1. The van der Waals surface area contributed by atoms with Crippen LogP contribution in [0.15, 0.2) is 51.4 Å². The SMILES string of the molecule is Cc1ccc(F)cc1CC(N)c1cc2cccc(Br)c2o1. The maximum atomic E-state index is 13.3. The largest absolute Gasteiger partial charge is 0.458 e. The molecule has 3 rings (SSSR count). The molecule has 0 aliphatic carbocycles. The van der Waals surface area contributed by atoms with E-state index >= 15 is 0 Å². The Morgan fingerprint density at radius 3 is 2.81 bits per heavy atom. The number of hydrogen-bond donors (Lipinski definition) is 1. The molecule has 0 radical (unpaired) electrons. The zero-order chi connectivity index (χ0) is 15.0. The highest BCUT2D eigenvalue weighted by Crippen LogP contribution is 2.30. The summed E-state index contributed by atoms with van der Waals surface area (Å²) >= 11 is 3.46. The first-order valence-corrected chi connectivity index (χ1v) is 7.52. The average molecular weight is 348 g/mol. The second-order valence-corrected chi connectivity index (χ2v) is 6.04. The summed E-state index contributed by atoms with van der Waals surface area (Å²) in [5.74, 6) is 0.468. The van der Waals surface area contributed by atoms with Crippen molar-refractivity contribution in [2.45, 2.75) is 19.4 Å². The molecule has 0 bridgehead atoms. The van der Waals surface area contributed by atoms with Gasteiger partial charge in [0.05, 0.1) is 10.5 Å². The van der Waals surface area contributed by atoms with Crippen molar-refractivity contribution >= 4 is 26.9 Å². The highest BCUT2D eigenvalue weighted by atomic mass is 79.9. The molecule has 21 heavy (non-hydrogen) atoms. The lowest BCUT2D eigenvalue weighted by atomic mass is 10.00. The van der Waals surface area contributed by atoms with E-state index in [1.165, 1.54) is 12.1 Å². The first kappa shape index (κ1) is 14.3. The molecule has 108 valence electrons. The van der Waals surface area contributed by atoms with E-state index in [0.29, 0.717) is 12.2 Å². The van der Waals surface area contributed by atoms with Crippen LogP contribution in [0.3, 0.4) is 0 Å². The molecule has 0 spiro atoms. The molecular weight excluding hydrogens is 333 g/mol. The topological polar surface area (TPSA) is 39.2 Å². The number of fused-ring (bicyclic) bond motifs is 1. The Morgan fingerprint density at radius 1 is 1.24 bits per heavy atom.